The molecular formula is C17H17N3O4S2. The second-order valence-corrected chi connectivity index (χ2v) is 8.68. The Kier molecular flexibility index (Phi) is 4.29. The summed E-state index contributed by atoms with van der Waals surface area (Å²) in [6.45, 7) is 2.65. The molecular weight excluding hydrogens is 374 g/mol. The van der Waals surface area contributed by atoms with Crippen LogP contribution in [0.25, 0.3) is 10.2 Å². The molecule has 2 aromatic heterocycles. The Hall–Kier alpha value is -2.23. The Morgan fingerprint density at radius 2 is 2.19 bits per heavy atom. The Morgan fingerprint density at radius 1 is 1.35 bits per heavy atom. The van der Waals surface area contributed by atoms with Gasteiger partial charge in [0.05, 0.1) is 16.9 Å². The van der Waals surface area contributed by atoms with Crippen LogP contribution in [0.3, 0.4) is 0 Å². The fraction of sp³-hybridized carbons (Fsp3) is 0.294. The fourth-order valence-electron chi connectivity index (χ4n) is 3.02. The van der Waals surface area contributed by atoms with Crippen molar-refractivity contribution in [3.05, 3.63) is 51.4 Å². The number of nitrogens with zero attached hydrogens (tertiary/aromatic N) is 2. The maximum Gasteiger partial charge on any atom is 0.262 e. The SMILES string of the molecule is Cc1nc2sccc2c(=O)n1CCNS(=O)(=O)c1ccc2c(c1)CCO2. The quantitative estimate of drug-likeness (QED) is 0.715. The number of ether oxygens (including phenoxy) is 1. The molecule has 0 saturated carbocycles. The topological polar surface area (TPSA) is 90.3 Å². The molecule has 0 radical (unpaired) electrons. The van der Waals surface area contributed by atoms with E-state index >= 15 is 0 Å². The lowest BCUT2D eigenvalue weighted by atomic mass is 10.2. The largest absolute Gasteiger partial charge is 0.493 e. The molecule has 136 valence electrons. The highest BCUT2D eigenvalue weighted by Gasteiger charge is 2.19. The van der Waals surface area contributed by atoms with E-state index in [0.717, 1.165) is 11.3 Å². The van der Waals surface area contributed by atoms with Crippen LogP contribution in [0.4, 0.5) is 0 Å². The minimum Gasteiger partial charge on any atom is -0.493 e. The minimum absolute atomic E-state index is 0.105. The highest BCUT2D eigenvalue weighted by molar-refractivity contribution is 7.89. The highest BCUT2D eigenvalue weighted by Crippen LogP contribution is 2.27. The Labute approximate surface area is 154 Å². The van der Waals surface area contributed by atoms with E-state index in [0.29, 0.717) is 29.1 Å². The Morgan fingerprint density at radius 3 is 3.04 bits per heavy atom. The maximum absolute atomic E-state index is 12.5. The van der Waals surface area contributed by atoms with Crippen LogP contribution in [-0.2, 0) is 23.0 Å². The van der Waals surface area contributed by atoms with E-state index in [1.807, 2.05) is 5.38 Å². The number of benzene rings is 1. The number of aromatic nitrogens is 2. The van der Waals surface area contributed by atoms with Crippen LogP contribution in [0.15, 0.2) is 39.3 Å². The normalized spacial score (nSPS) is 13.7. The first kappa shape index (κ1) is 17.2. The third kappa shape index (κ3) is 3.02. The molecule has 0 saturated heterocycles. The van der Waals surface area contributed by atoms with Crippen molar-refractivity contribution < 1.29 is 13.2 Å². The first-order chi connectivity index (χ1) is 12.5. The van der Waals surface area contributed by atoms with Gasteiger partial charge in [-0.3, -0.25) is 9.36 Å². The highest BCUT2D eigenvalue weighted by atomic mass is 32.2. The van der Waals surface area contributed by atoms with E-state index in [2.05, 4.69) is 9.71 Å². The third-order valence-electron chi connectivity index (χ3n) is 4.37. The molecule has 26 heavy (non-hydrogen) atoms. The molecule has 0 atom stereocenters. The van der Waals surface area contributed by atoms with Gasteiger partial charge in [0.2, 0.25) is 10.0 Å². The predicted molar refractivity (Wildman–Crippen MR) is 99.4 cm³/mol. The monoisotopic (exact) mass is 391 g/mol. The molecule has 1 N–H and O–H groups in total. The fourth-order valence-corrected chi connectivity index (χ4v) is 4.89. The molecule has 4 rings (SSSR count). The van der Waals surface area contributed by atoms with Gasteiger partial charge in [-0.05, 0) is 42.1 Å². The summed E-state index contributed by atoms with van der Waals surface area (Å²) in [6.07, 6.45) is 0.708. The molecule has 0 aliphatic carbocycles. The van der Waals surface area contributed by atoms with Crippen molar-refractivity contribution >= 4 is 31.6 Å². The summed E-state index contributed by atoms with van der Waals surface area (Å²) in [7, 11) is -3.65. The lowest BCUT2D eigenvalue weighted by Gasteiger charge is -2.11. The summed E-state index contributed by atoms with van der Waals surface area (Å²) >= 11 is 1.41. The number of nitrogens with one attached hydrogen (secondary N) is 1. The molecule has 1 aromatic carbocycles. The van der Waals surface area contributed by atoms with E-state index < -0.39 is 10.0 Å². The smallest absolute Gasteiger partial charge is 0.262 e. The van der Waals surface area contributed by atoms with Gasteiger partial charge in [-0.2, -0.15) is 0 Å². The van der Waals surface area contributed by atoms with Crippen LogP contribution in [0, 0.1) is 6.92 Å². The van der Waals surface area contributed by atoms with Gasteiger partial charge in [-0.25, -0.2) is 18.1 Å². The maximum atomic E-state index is 12.5. The van der Waals surface area contributed by atoms with Crippen molar-refractivity contribution in [1.82, 2.24) is 14.3 Å². The van der Waals surface area contributed by atoms with E-state index in [9.17, 15) is 13.2 Å². The van der Waals surface area contributed by atoms with Crippen LogP contribution in [-0.4, -0.2) is 31.1 Å². The molecule has 3 aromatic rings. The van der Waals surface area contributed by atoms with E-state index in [-0.39, 0.29) is 23.5 Å². The number of rotatable bonds is 5. The van der Waals surface area contributed by atoms with Crippen LogP contribution >= 0.6 is 11.3 Å². The standard InChI is InChI=1S/C17H17N3O4S2/c1-11-19-16-14(5-9-25-16)17(21)20(11)7-6-18-26(22,23)13-2-3-15-12(10-13)4-8-24-15/h2-3,5,9-10,18H,4,6-8H2,1H3. The first-order valence-corrected chi connectivity index (χ1v) is 10.5. The number of hydrogen-bond donors (Lipinski definition) is 1. The van der Waals surface area contributed by atoms with E-state index in [1.54, 1.807) is 25.1 Å². The number of hydrogen-bond acceptors (Lipinski definition) is 6. The molecule has 3 heterocycles. The molecule has 0 fully saturated rings. The van der Waals surface area contributed by atoms with Gasteiger partial charge in [0, 0.05) is 19.5 Å². The molecule has 0 bridgehead atoms. The van der Waals surface area contributed by atoms with Crippen LogP contribution in [0.5, 0.6) is 5.75 Å². The lowest BCUT2D eigenvalue weighted by molar-refractivity contribution is 0.356. The molecule has 0 amide bonds. The van der Waals surface area contributed by atoms with Crippen LogP contribution in [0.2, 0.25) is 0 Å². The molecule has 0 spiro atoms. The summed E-state index contributed by atoms with van der Waals surface area (Å²) in [6, 6.07) is 6.59. The Bertz CT molecular complexity index is 1150. The summed E-state index contributed by atoms with van der Waals surface area (Å²) in [5, 5.41) is 2.38. The van der Waals surface area contributed by atoms with Gasteiger partial charge in [0.1, 0.15) is 16.4 Å². The minimum atomic E-state index is -3.65. The zero-order chi connectivity index (χ0) is 18.3. The molecule has 1 aliphatic rings. The summed E-state index contributed by atoms with van der Waals surface area (Å²) in [4.78, 5) is 17.8. The second-order valence-electron chi connectivity index (χ2n) is 6.02. The zero-order valence-electron chi connectivity index (χ0n) is 14.1. The number of sulfonamides is 1. The number of fused-ring (bicyclic) bond motifs is 2. The van der Waals surface area contributed by atoms with Gasteiger partial charge in [0.15, 0.2) is 0 Å². The summed E-state index contributed by atoms with van der Waals surface area (Å²) in [5.41, 5.74) is 0.745. The van der Waals surface area contributed by atoms with E-state index in [1.165, 1.54) is 22.0 Å². The molecule has 7 nitrogen and oxygen atoms in total. The zero-order valence-corrected chi connectivity index (χ0v) is 15.7. The van der Waals surface area contributed by atoms with Crippen molar-refractivity contribution in [2.45, 2.75) is 24.8 Å². The Balaban J connectivity index is 1.52. The van der Waals surface area contributed by atoms with Crippen LogP contribution < -0.4 is 15.0 Å². The van der Waals surface area contributed by atoms with Gasteiger partial charge >= 0.3 is 0 Å². The first-order valence-electron chi connectivity index (χ1n) is 8.16. The predicted octanol–water partition coefficient (Wildman–Crippen LogP) is 1.68. The van der Waals surface area contributed by atoms with Crippen molar-refractivity contribution in [1.29, 1.82) is 0 Å². The summed E-state index contributed by atoms with van der Waals surface area (Å²) < 4.78 is 34.5. The molecule has 0 unspecified atom stereocenters. The number of aryl methyl sites for hydroxylation is 1. The number of thiophene rings is 1. The summed E-state index contributed by atoms with van der Waals surface area (Å²) in [5.74, 6) is 1.31. The molecule has 9 heteroatoms. The van der Waals surface area contributed by atoms with Crippen molar-refractivity contribution in [3.63, 3.8) is 0 Å². The van der Waals surface area contributed by atoms with Gasteiger partial charge in [0.25, 0.3) is 5.56 Å². The van der Waals surface area contributed by atoms with Gasteiger partial charge in [-0.1, -0.05) is 0 Å². The average molecular weight is 391 g/mol. The van der Waals surface area contributed by atoms with Crippen molar-refractivity contribution in [2.75, 3.05) is 13.2 Å². The van der Waals surface area contributed by atoms with Crippen molar-refractivity contribution in [2.24, 2.45) is 0 Å². The molecule has 1 aliphatic heterocycles. The van der Waals surface area contributed by atoms with Gasteiger partial charge in [-0.15, -0.1) is 11.3 Å². The lowest BCUT2D eigenvalue weighted by Crippen LogP contribution is -2.32. The third-order valence-corrected chi connectivity index (χ3v) is 6.64. The second kappa shape index (κ2) is 6.49. The average Bonchev–Trinajstić information content (AvgIpc) is 3.25. The van der Waals surface area contributed by atoms with Gasteiger partial charge < -0.3 is 4.74 Å². The van der Waals surface area contributed by atoms with E-state index in [4.69, 9.17) is 4.74 Å². The van der Waals surface area contributed by atoms with Crippen LogP contribution in [0.1, 0.15) is 11.4 Å². The van der Waals surface area contributed by atoms with Crippen molar-refractivity contribution in [3.8, 4) is 5.75 Å².